The van der Waals surface area contributed by atoms with E-state index in [1.54, 1.807) is 16.7 Å². The normalized spacial score (nSPS) is 13.1. The Kier molecular flexibility index (Phi) is 2.16. The number of rotatable bonds is 2. The highest BCUT2D eigenvalue weighted by Crippen LogP contribution is 2.22. The summed E-state index contributed by atoms with van der Waals surface area (Å²) in [6, 6.07) is 1.88. The standard InChI is InChI=1S/C7H6N2OS2/c10-7(5-1-2-11-3-5)6-4-12-9-8-6/h1-4,7,10H. The Bertz CT molecular complexity index is 296. The molecule has 0 amide bonds. The summed E-state index contributed by atoms with van der Waals surface area (Å²) in [6.07, 6.45) is -0.616. The van der Waals surface area contributed by atoms with Gasteiger partial charge in [-0.3, -0.25) is 0 Å². The number of hydrogen-bond acceptors (Lipinski definition) is 5. The average molecular weight is 198 g/mol. The largest absolute Gasteiger partial charge is 0.382 e. The minimum atomic E-state index is -0.616. The number of thiophene rings is 1. The first-order valence-electron chi connectivity index (χ1n) is 3.35. The van der Waals surface area contributed by atoms with E-state index in [1.807, 2.05) is 16.8 Å². The Morgan fingerprint density at radius 1 is 1.42 bits per heavy atom. The second-order valence-electron chi connectivity index (χ2n) is 2.29. The van der Waals surface area contributed by atoms with Crippen molar-refractivity contribution in [2.75, 3.05) is 0 Å². The second-order valence-corrected chi connectivity index (χ2v) is 3.68. The van der Waals surface area contributed by atoms with E-state index in [0.717, 1.165) is 5.56 Å². The average Bonchev–Trinajstić information content (AvgIpc) is 2.77. The Hall–Kier alpha value is -0.780. The van der Waals surface area contributed by atoms with E-state index >= 15 is 0 Å². The van der Waals surface area contributed by atoms with Crippen molar-refractivity contribution in [1.29, 1.82) is 0 Å². The van der Waals surface area contributed by atoms with Gasteiger partial charge in [-0.15, -0.1) is 5.10 Å². The van der Waals surface area contributed by atoms with Gasteiger partial charge in [0.25, 0.3) is 0 Å². The fraction of sp³-hybridized carbons (Fsp3) is 0.143. The third-order valence-electron chi connectivity index (χ3n) is 1.52. The van der Waals surface area contributed by atoms with Crippen LogP contribution >= 0.6 is 22.9 Å². The van der Waals surface area contributed by atoms with Crippen LogP contribution in [0.15, 0.2) is 22.2 Å². The van der Waals surface area contributed by atoms with E-state index in [9.17, 15) is 5.11 Å². The van der Waals surface area contributed by atoms with Crippen molar-refractivity contribution in [1.82, 2.24) is 9.59 Å². The lowest BCUT2D eigenvalue weighted by Crippen LogP contribution is -1.97. The van der Waals surface area contributed by atoms with Gasteiger partial charge < -0.3 is 5.11 Å². The van der Waals surface area contributed by atoms with E-state index in [4.69, 9.17) is 0 Å². The molecule has 0 aliphatic heterocycles. The number of aromatic nitrogens is 2. The van der Waals surface area contributed by atoms with E-state index in [-0.39, 0.29) is 0 Å². The first kappa shape index (κ1) is 7.85. The number of nitrogens with zero attached hydrogens (tertiary/aromatic N) is 2. The molecule has 2 aromatic heterocycles. The number of hydrogen-bond donors (Lipinski definition) is 1. The molecule has 3 nitrogen and oxygen atoms in total. The van der Waals surface area contributed by atoms with Gasteiger partial charge in [-0.25, -0.2) is 0 Å². The quantitative estimate of drug-likeness (QED) is 0.798. The molecular formula is C7H6N2OS2. The van der Waals surface area contributed by atoms with Crippen LogP contribution in [0.3, 0.4) is 0 Å². The van der Waals surface area contributed by atoms with Gasteiger partial charge in [0, 0.05) is 5.38 Å². The van der Waals surface area contributed by atoms with Crippen LogP contribution in [0.4, 0.5) is 0 Å². The van der Waals surface area contributed by atoms with E-state index in [0.29, 0.717) is 5.69 Å². The van der Waals surface area contributed by atoms with Crippen molar-refractivity contribution in [3.63, 3.8) is 0 Å². The molecule has 0 aliphatic carbocycles. The number of aliphatic hydroxyl groups is 1. The molecule has 2 heterocycles. The van der Waals surface area contributed by atoms with Gasteiger partial charge in [-0.1, -0.05) is 4.49 Å². The Labute approximate surface area is 77.5 Å². The van der Waals surface area contributed by atoms with Crippen molar-refractivity contribution in [3.05, 3.63) is 33.5 Å². The Morgan fingerprint density at radius 3 is 2.92 bits per heavy atom. The van der Waals surface area contributed by atoms with E-state index < -0.39 is 6.10 Å². The first-order valence-corrected chi connectivity index (χ1v) is 5.13. The zero-order chi connectivity index (χ0) is 8.39. The molecule has 1 atom stereocenters. The van der Waals surface area contributed by atoms with Crippen molar-refractivity contribution in [2.24, 2.45) is 0 Å². The first-order chi connectivity index (χ1) is 5.88. The Balaban J connectivity index is 2.27. The topological polar surface area (TPSA) is 46.0 Å². The molecule has 0 aromatic carbocycles. The molecule has 2 rings (SSSR count). The molecule has 0 saturated heterocycles. The van der Waals surface area contributed by atoms with Crippen LogP contribution in [-0.4, -0.2) is 14.7 Å². The van der Waals surface area contributed by atoms with Gasteiger partial charge in [-0.05, 0) is 33.9 Å². The van der Waals surface area contributed by atoms with Gasteiger partial charge in [0.1, 0.15) is 11.8 Å². The monoisotopic (exact) mass is 198 g/mol. The molecule has 12 heavy (non-hydrogen) atoms. The van der Waals surface area contributed by atoms with Crippen LogP contribution in [0.25, 0.3) is 0 Å². The van der Waals surface area contributed by atoms with Crippen molar-refractivity contribution < 1.29 is 5.11 Å². The number of aliphatic hydroxyl groups excluding tert-OH is 1. The van der Waals surface area contributed by atoms with Crippen molar-refractivity contribution in [2.45, 2.75) is 6.10 Å². The maximum absolute atomic E-state index is 9.68. The Morgan fingerprint density at radius 2 is 2.33 bits per heavy atom. The highest BCUT2D eigenvalue weighted by atomic mass is 32.1. The lowest BCUT2D eigenvalue weighted by molar-refractivity contribution is 0.216. The maximum Gasteiger partial charge on any atom is 0.125 e. The highest BCUT2D eigenvalue weighted by Gasteiger charge is 2.12. The summed E-state index contributed by atoms with van der Waals surface area (Å²) in [5.74, 6) is 0. The van der Waals surface area contributed by atoms with E-state index in [1.165, 1.54) is 11.5 Å². The summed E-state index contributed by atoms with van der Waals surface area (Å²) in [6.45, 7) is 0. The summed E-state index contributed by atoms with van der Waals surface area (Å²) in [5, 5.41) is 19.1. The predicted octanol–water partition coefficient (Wildman–Crippen LogP) is 1.68. The summed E-state index contributed by atoms with van der Waals surface area (Å²) in [4.78, 5) is 0. The molecule has 0 radical (unpaired) electrons. The zero-order valence-electron chi connectivity index (χ0n) is 6.04. The van der Waals surface area contributed by atoms with Crippen molar-refractivity contribution >= 4 is 22.9 Å². The molecule has 2 aromatic rings. The summed E-state index contributed by atoms with van der Waals surface area (Å²) in [7, 11) is 0. The third kappa shape index (κ3) is 1.38. The van der Waals surface area contributed by atoms with Crippen LogP contribution in [0, 0.1) is 0 Å². The van der Waals surface area contributed by atoms with Gasteiger partial charge in [0.05, 0.1) is 0 Å². The smallest absolute Gasteiger partial charge is 0.125 e. The summed E-state index contributed by atoms with van der Waals surface area (Å²) in [5.41, 5.74) is 1.51. The molecule has 0 bridgehead atoms. The molecule has 0 aliphatic rings. The highest BCUT2D eigenvalue weighted by molar-refractivity contribution is 7.08. The van der Waals surface area contributed by atoms with Gasteiger partial charge >= 0.3 is 0 Å². The van der Waals surface area contributed by atoms with Gasteiger partial charge in [0.2, 0.25) is 0 Å². The van der Waals surface area contributed by atoms with Gasteiger partial charge in [-0.2, -0.15) is 11.3 Å². The second kappa shape index (κ2) is 3.30. The third-order valence-corrected chi connectivity index (χ3v) is 2.74. The molecule has 5 heteroatoms. The lowest BCUT2D eigenvalue weighted by Gasteiger charge is -2.02. The van der Waals surface area contributed by atoms with Gasteiger partial charge in [0.15, 0.2) is 0 Å². The molecular weight excluding hydrogens is 192 g/mol. The van der Waals surface area contributed by atoms with Crippen LogP contribution in [0.2, 0.25) is 0 Å². The summed E-state index contributed by atoms with van der Waals surface area (Å²) < 4.78 is 3.69. The molecule has 0 spiro atoms. The zero-order valence-corrected chi connectivity index (χ0v) is 7.68. The van der Waals surface area contributed by atoms with Crippen LogP contribution < -0.4 is 0 Å². The summed E-state index contributed by atoms with van der Waals surface area (Å²) >= 11 is 2.81. The van der Waals surface area contributed by atoms with E-state index in [2.05, 4.69) is 9.59 Å². The lowest BCUT2D eigenvalue weighted by atomic mass is 10.1. The van der Waals surface area contributed by atoms with Crippen LogP contribution in [-0.2, 0) is 0 Å². The molecule has 62 valence electrons. The fourth-order valence-corrected chi connectivity index (χ4v) is 2.04. The van der Waals surface area contributed by atoms with Crippen molar-refractivity contribution in [3.8, 4) is 0 Å². The maximum atomic E-state index is 9.68. The van der Waals surface area contributed by atoms with Crippen LogP contribution in [0.1, 0.15) is 17.4 Å². The minimum Gasteiger partial charge on any atom is -0.382 e. The van der Waals surface area contributed by atoms with Crippen LogP contribution in [0.5, 0.6) is 0 Å². The molecule has 1 unspecified atom stereocenters. The SMILES string of the molecule is OC(c1ccsc1)c1csnn1. The fourth-order valence-electron chi connectivity index (χ4n) is 0.892. The molecule has 0 fully saturated rings. The minimum absolute atomic E-state index is 0.616. The molecule has 1 N–H and O–H groups in total. The molecule has 0 saturated carbocycles. The predicted molar refractivity (Wildman–Crippen MR) is 48.3 cm³/mol.